The lowest BCUT2D eigenvalue weighted by molar-refractivity contribution is -0.106. The van der Waals surface area contributed by atoms with Crippen molar-refractivity contribution >= 4 is 5.95 Å². The lowest BCUT2D eigenvalue weighted by Gasteiger charge is -2.16. The summed E-state index contributed by atoms with van der Waals surface area (Å²) < 4.78 is 10.5. The van der Waals surface area contributed by atoms with Gasteiger partial charge in [0.15, 0.2) is 6.29 Å². The number of nitrogens with two attached hydrogens (primary N) is 1. The van der Waals surface area contributed by atoms with Crippen LogP contribution in [0.2, 0.25) is 0 Å². The Morgan fingerprint density at radius 2 is 1.84 bits per heavy atom. The van der Waals surface area contributed by atoms with Gasteiger partial charge in [-0.15, -0.1) is 0 Å². The summed E-state index contributed by atoms with van der Waals surface area (Å²) >= 11 is 0. The molecule has 0 fully saturated rings. The Kier molecular flexibility index (Phi) is 4.43. The zero-order valence-corrected chi connectivity index (χ0v) is 11.0. The second kappa shape index (κ2) is 6.26. The van der Waals surface area contributed by atoms with Gasteiger partial charge in [0.1, 0.15) is 0 Å². The average Bonchev–Trinajstić information content (AvgIpc) is 2.43. The van der Waals surface area contributed by atoms with Crippen molar-refractivity contribution in [1.29, 1.82) is 0 Å². The maximum Gasteiger partial charge on any atom is 0.220 e. The van der Waals surface area contributed by atoms with Gasteiger partial charge in [-0.1, -0.05) is 30.3 Å². The predicted octanol–water partition coefficient (Wildman–Crippen LogP) is 1.94. The van der Waals surface area contributed by atoms with E-state index >= 15 is 0 Å². The van der Waals surface area contributed by atoms with Gasteiger partial charge < -0.3 is 15.2 Å². The highest BCUT2D eigenvalue weighted by molar-refractivity contribution is 5.31. The highest BCUT2D eigenvalue weighted by Crippen LogP contribution is 2.22. The van der Waals surface area contributed by atoms with E-state index in [0.717, 1.165) is 16.8 Å². The Balaban J connectivity index is 2.35. The summed E-state index contributed by atoms with van der Waals surface area (Å²) in [5, 5.41) is 0. The summed E-state index contributed by atoms with van der Waals surface area (Å²) in [5.74, 6) is 0.251. The molecule has 0 saturated heterocycles. The Labute approximate surface area is 112 Å². The van der Waals surface area contributed by atoms with Crippen molar-refractivity contribution in [1.82, 2.24) is 9.97 Å². The minimum Gasteiger partial charge on any atom is -0.368 e. The van der Waals surface area contributed by atoms with Gasteiger partial charge in [0.05, 0.1) is 5.69 Å². The van der Waals surface area contributed by atoms with Crippen LogP contribution in [0.15, 0.2) is 36.5 Å². The molecule has 2 aromatic rings. The van der Waals surface area contributed by atoms with E-state index in [1.165, 1.54) is 0 Å². The standard InChI is InChI=1S/C14H17N3O2/c1-18-13(19-2)11-9-16-14(15)17-12(11)8-10-6-4-3-5-7-10/h3-7,9,13H,8H2,1-2H3,(H2,15,16,17). The highest BCUT2D eigenvalue weighted by atomic mass is 16.7. The van der Waals surface area contributed by atoms with E-state index in [9.17, 15) is 0 Å². The lowest BCUT2D eigenvalue weighted by atomic mass is 10.1. The van der Waals surface area contributed by atoms with Crippen LogP contribution in [-0.2, 0) is 15.9 Å². The summed E-state index contributed by atoms with van der Waals surface area (Å²) in [6.45, 7) is 0. The minimum atomic E-state index is -0.487. The molecule has 0 bridgehead atoms. The van der Waals surface area contributed by atoms with Gasteiger partial charge >= 0.3 is 0 Å². The van der Waals surface area contributed by atoms with E-state index in [1.807, 2.05) is 30.3 Å². The molecule has 0 aliphatic rings. The molecule has 19 heavy (non-hydrogen) atoms. The van der Waals surface area contributed by atoms with Gasteiger partial charge in [0.25, 0.3) is 0 Å². The molecule has 2 rings (SSSR count). The first kappa shape index (κ1) is 13.5. The summed E-state index contributed by atoms with van der Waals surface area (Å²) in [6, 6.07) is 10.0. The first-order valence-corrected chi connectivity index (χ1v) is 5.95. The van der Waals surface area contributed by atoms with Crippen LogP contribution in [0.5, 0.6) is 0 Å². The average molecular weight is 259 g/mol. The Morgan fingerprint density at radius 3 is 2.47 bits per heavy atom. The van der Waals surface area contributed by atoms with E-state index in [0.29, 0.717) is 6.42 Å². The van der Waals surface area contributed by atoms with Gasteiger partial charge in [0.2, 0.25) is 5.95 Å². The molecule has 1 heterocycles. The predicted molar refractivity (Wildman–Crippen MR) is 72.5 cm³/mol. The number of rotatable bonds is 5. The molecular weight excluding hydrogens is 242 g/mol. The van der Waals surface area contributed by atoms with Crippen molar-refractivity contribution in [3.63, 3.8) is 0 Å². The number of benzene rings is 1. The third-order valence-corrected chi connectivity index (χ3v) is 2.82. The third kappa shape index (κ3) is 3.27. The Morgan fingerprint density at radius 1 is 1.16 bits per heavy atom. The second-order valence-electron chi connectivity index (χ2n) is 4.10. The lowest BCUT2D eigenvalue weighted by Crippen LogP contribution is -2.11. The third-order valence-electron chi connectivity index (χ3n) is 2.82. The van der Waals surface area contributed by atoms with Crippen LogP contribution in [0, 0.1) is 0 Å². The molecule has 5 heteroatoms. The fourth-order valence-electron chi connectivity index (χ4n) is 1.92. The van der Waals surface area contributed by atoms with Crippen LogP contribution in [-0.4, -0.2) is 24.2 Å². The molecular formula is C14H17N3O2. The van der Waals surface area contributed by atoms with Crippen LogP contribution in [0.25, 0.3) is 0 Å². The van der Waals surface area contributed by atoms with Crippen molar-refractivity contribution in [2.24, 2.45) is 0 Å². The Bertz CT molecular complexity index is 527. The van der Waals surface area contributed by atoms with E-state index in [2.05, 4.69) is 9.97 Å². The fourth-order valence-corrected chi connectivity index (χ4v) is 1.92. The van der Waals surface area contributed by atoms with Gasteiger partial charge in [-0.05, 0) is 5.56 Å². The molecule has 5 nitrogen and oxygen atoms in total. The number of ether oxygens (including phenoxy) is 2. The van der Waals surface area contributed by atoms with Crippen LogP contribution >= 0.6 is 0 Å². The molecule has 2 N–H and O–H groups in total. The summed E-state index contributed by atoms with van der Waals surface area (Å²) in [5.41, 5.74) is 8.41. The molecule has 1 aromatic heterocycles. The number of methoxy groups -OCH3 is 2. The van der Waals surface area contributed by atoms with Crippen molar-refractivity contribution in [2.75, 3.05) is 20.0 Å². The topological polar surface area (TPSA) is 70.3 Å². The Hall–Kier alpha value is -1.98. The minimum absolute atomic E-state index is 0.251. The van der Waals surface area contributed by atoms with Crippen molar-refractivity contribution < 1.29 is 9.47 Å². The molecule has 0 amide bonds. The molecule has 100 valence electrons. The van der Waals surface area contributed by atoms with E-state index in [4.69, 9.17) is 15.2 Å². The van der Waals surface area contributed by atoms with Gasteiger partial charge in [-0.25, -0.2) is 9.97 Å². The number of hydrogen-bond acceptors (Lipinski definition) is 5. The van der Waals surface area contributed by atoms with E-state index in [1.54, 1.807) is 20.4 Å². The van der Waals surface area contributed by atoms with Crippen LogP contribution in [0.3, 0.4) is 0 Å². The molecule has 0 saturated carbocycles. The second-order valence-corrected chi connectivity index (χ2v) is 4.10. The highest BCUT2D eigenvalue weighted by Gasteiger charge is 2.16. The number of aromatic nitrogens is 2. The smallest absolute Gasteiger partial charge is 0.220 e. The zero-order chi connectivity index (χ0) is 13.7. The number of hydrogen-bond donors (Lipinski definition) is 1. The van der Waals surface area contributed by atoms with Crippen molar-refractivity contribution in [3.05, 3.63) is 53.3 Å². The molecule has 0 spiro atoms. The first-order valence-electron chi connectivity index (χ1n) is 5.95. The van der Waals surface area contributed by atoms with Crippen molar-refractivity contribution in [2.45, 2.75) is 12.7 Å². The molecule has 1 aromatic carbocycles. The van der Waals surface area contributed by atoms with Crippen LogP contribution < -0.4 is 5.73 Å². The van der Waals surface area contributed by atoms with Gasteiger partial charge in [-0.3, -0.25) is 0 Å². The zero-order valence-electron chi connectivity index (χ0n) is 11.0. The largest absolute Gasteiger partial charge is 0.368 e. The number of anilines is 1. The maximum absolute atomic E-state index is 5.66. The summed E-state index contributed by atoms with van der Waals surface area (Å²) in [6.07, 6.45) is 1.82. The molecule has 0 unspecified atom stereocenters. The number of nitrogen functional groups attached to an aromatic ring is 1. The van der Waals surface area contributed by atoms with E-state index < -0.39 is 6.29 Å². The van der Waals surface area contributed by atoms with Gasteiger partial charge in [-0.2, -0.15) is 0 Å². The summed E-state index contributed by atoms with van der Waals surface area (Å²) in [7, 11) is 3.16. The van der Waals surface area contributed by atoms with E-state index in [-0.39, 0.29) is 5.95 Å². The van der Waals surface area contributed by atoms with Crippen LogP contribution in [0.1, 0.15) is 23.1 Å². The molecule has 0 aliphatic heterocycles. The normalized spacial score (nSPS) is 10.9. The monoisotopic (exact) mass is 259 g/mol. The van der Waals surface area contributed by atoms with Crippen LogP contribution in [0.4, 0.5) is 5.95 Å². The number of nitrogens with zero attached hydrogens (tertiary/aromatic N) is 2. The molecule has 0 aliphatic carbocycles. The molecule has 0 radical (unpaired) electrons. The fraction of sp³-hybridized carbons (Fsp3) is 0.286. The van der Waals surface area contributed by atoms with Crippen molar-refractivity contribution in [3.8, 4) is 0 Å². The SMILES string of the molecule is COC(OC)c1cnc(N)nc1Cc1ccccc1. The van der Waals surface area contributed by atoms with Gasteiger partial charge in [0, 0.05) is 32.4 Å². The molecule has 0 atom stereocenters. The maximum atomic E-state index is 5.66. The summed E-state index contributed by atoms with van der Waals surface area (Å²) in [4.78, 5) is 8.30. The quantitative estimate of drug-likeness (QED) is 0.831. The first-order chi connectivity index (χ1) is 9.24.